The van der Waals surface area contributed by atoms with Gasteiger partial charge in [0.2, 0.25) is 26.0 Å². The fourth-order valence-corrected chi connectivity index (χ4v) is 11.8. The second kappa shape index (κ2) is 14.7. The number of carbonyl (C=O) groups is 2. The standard InChI is InChI=1S/C37H49N5O8S3/c1-22(2)29-21-51-35(39-29)28-18-32(27-14-15-31(49-4)23(3)33(27)38-28)50-25-17-30-34(43)40-37(36(44)41-53(47,48)26-12-13-26)19-24(37)11-9-7-5-6-8-10-16-52(45,46)42(30)20-25/h14-15,18,21-22,24-26,30H,5-13,16-17,19-20H2,1-4H3,(H,40,43)(H,41,44)/t24-,25?,30+,37-/m1/s1. The lowest BCUT2D eigenvalue weighted by atomic mass is 10.0. The number of ether oxygens (including phenoxy) is 2. The van der Waals surface area contributed by atoms with Gasteiger partial charge in [-0.1, -0.05) is 46.0 Å². The predicted molar refractivity (Wildman–Crippen MR) is 203 cm³/mol. The summed E-state index contributed by atoms with van der Waals surface area (Å²) in [5.74, 6) is -0.349. The molecule has 0 spiro atoms. The van der Waals surface area contributed by atoms with Crippen LogP contribution in [0.5, 0.6) is 11.5 Å². The van der Waals surface area contributed by atoms with Crippen LogP contribution in [0.3, 0.4) is 0 Å². The van der Waals surface area contributed by atoms with Crippen LogP contribution in [0.2, 0.25) is 0 Å². The summed E-state index contributed by atoms with van der Waals surface area (Å²) in [5, 5.41) is 5.73. The number of methoxy groups -OCH3 is 1. The van der Waals surface area contributed by atoms with Gasteiger partial charge >= 0.3 is 0 Å². The molecule has 2 aliphatic carbocycles. The number of hydrogen-bond acceptors (Lipinski definition) is 11. The minimum atomic E-state index is -3.91. The number of sulfonamides is 2. The molecule has 0 bridgehead atoms. The number of nitrogens with one attached hydrogen (secondary N) is 2. The summed E-state index contributed by atoms with van der Waals surface area (Å²) in [6, 6.07) is 4.36. The van der Waals surface area contributed by atoms with Crippen LogP contribution in [0, 0.1) is 12.8 Å². The van der Waals surface area contributed by atoms with Crippen molar-refractivity contribution in [3.8, 4) is 22.2 Å². The zero-order valence-corrected chi connectivity index (χ0v) is 33.2. The van der Waals surface area contributed by atoms with Gasteiger partial charge in [0.25, 0.3) is 5.91 Å². The molecule has 53 heavy (non-hydrogen) atoms. The lowest BCUT2D eigenvalue weighted by Gasteiger charge is -2.26. The molecule has 16 heteroatoms. The summed E-state index contributed by atoms with van der Waals surface area (Å²) in [6.45, 7) is 6.00. The molecule has 13 nitrogen and oxygen atoms in total. The number of rotatable bonds is 8. The topological polar surface area (TPSA) is 174 Å². The van der Waals surface area contributed by atoms with Crippen LogP contribution in [0.1, 0.15) is 102 Å². The number of thiazole rings is 1. The van der Waals surface area contributed by atoms with E-state index in [4.69, 9.17) is 19.4 Å². The molecule has 4 heterocycles. The van der Waals surface area contributed by atoms with Crippen LogP contribution in [-0.4, -0.2) is 85.3 Å². The van der Waals surface area contributed by atoms with Crippen LogP contribution in [-0.2, 0) is 29.6 Å². The Labute approximate surface area is 315 Å². The first-order valence-electron chi connectivity index (χ1n) is 18.7. The first-order valence-corrected chi connectivity index (χ1v) is 22.7. The van der Waals surface area contributed by atoms with Gasteiger partial charge in [-0.2, -0.15) is 4.31 Å². The van der Waals surface area contributed by atoms with E-state index < -0.39 is 54.8 Å². The molecule has 2 aromatic heterocycles. The first-order chi connectivity index (χ1) is 25.2. The lowest BCUT2D eigenvalue weighted by Crippen LogP contribution is -2.56. The van der Waals surface area contributed by atoms with E-state index in [9.17, 15) is 26.4 Å². The van der Waals surface area contributed by atoms with E-state index in [2.05, 4.69) is 23.9 Å². The summed E-state index contributed by atoms with van der Waals surface area (Å²) in [4.78, 5) is 37.7. The first kappa shape index (κ1) is 38.0. The van der Waals surface area contributed by atoms with Crippen LogP contribution >= 0.6 is 11.3 Å². The minimum absolute atomic E-state index is 0.0385. The summed E-state index contributed by atoms with van der Waals surface area (Å²) >= 11 is 1.48. The molecule has 1 aromatic carbocycles. The van der Waals surface area contributed by atoms with Crippen LogP contribution in [0.4, 0.5) is 0 Å². The number of benzene rings is 1. The quantitative estimate of drug-likeness (QED) is 0.310. The molecule has 2 N–H and O–H groups in total. The van der Waals surface area contributed by atoms with Gasteiger partial charge < -0.3 is 14.8 Å². The Morgan fingerprint density at radius 1 is 1.08 bits per heavy atom. The molecule has 4 fully saturated rings. The zero-order chi connectivity index (χ0) is 37.7. The lowest BCUT2D eigenvalue weighted by molar-refractivity contribution is -0.131. The average molecular weight is 788 g/mol. The number of aromatic nitrogens is 2. The highest BCUT2D eigenvalue weighted by Gasteiger charge is 2.62. The molecule has 7 rings (SSSR count). The van der Waals surface area contributed by atoms with Gasteiger partial charge in [0.05, 0.1) is 35.9 Å². The van der Waals surface area contributed by atoms with Crippen molar-refractivity contribution in [1.82, 2.24) is 24.3 Å². The van der Waals surface area contributed by atoms with Crippen molar-refractivity contribution in [2.75, 3.05) is 19.4 Å². The fraction of sp³-hybridized carbons (Fsp3) is 0.622. The van der Waals surface area contributed by atoms with E-state index in [0.29, 0.717) is 60.2 Å². The SMILES string of the molecule is COc1ccc2c(OC3C[C@H]4C(=O)N[C@]5(C(=O)NS(=O)(=O)C6CC6)C[C@H]5CCCCCCCCS(=O)(=O)N4C3)cc(-c3nc(C(C)C)cs3)nc2c1C. The Morgan fingerprint density at radius 2 is 1.81 bits per heavy atom. The molecule has 2 saturated carbocycles. The van der Waals surface area contributed by atoms with E-state index in [1.54, 1.807) is 7.11 Å². The third kappa shape index (κ3) is 7.78. The molecule has 4 atom stereocenters. The number of pyridine rings is 1. The van der Waals surface area contributed by atoms with Gasteiger partial charge in [-0.25, -0.2) is 26.8 Å². The van der Waals surface area contributed by atoms with Crippen molar-refractivity contribution in [1.29, 1.82) is 0 Å². The summed E-state index contributed by atoms with van der Waals surface area (Å²) in [6.07, 6.45) is 6.07. The summed E-state index contributed by atoms with van der Waals surface area (Å²) in [7, 11) is -6.17. The van der Waals surface area contributed by atoms with Crippen molar-refractivity contribution >= 4 is 54.1 Å². The Hall–Kier alpha value is -3.34. The zero-order valence-electron chi connectivity index (χ0n) is 30.7. The van der Waals surface area contributed by atoms with Gasteiger partial charge in [0, 0.05) is 28.8 Å². The number of fused-ring (bicyclic) bond motifs is 3. The van der Waals surface area contributed by atoms with Gasteiger partial charge in [0.15, 0.2) is 0 Å². The molecule has 4 aliphatic rings. The third-order valence-electron chi connectivity index (χ3n) is 11.1. The predicted octanol–water partition coefficient (Wildman–Crippen LogP) is 5.18. The second-order valence-corrected chi connectivity index (χ2v) is 20.2. The number of aryl methyl sites for hydroxylation is 1. The number of amides is 2. The summed E-state index contributed by atoms with van der Waals surface area (Å²) < 4.78 is 69.3. The Bertz CT molecular complexity index is 2120. The maximum Gasteiger partial charge on any atom is 0.259 e. The molecule has 2 amide bonds. The highest BCUT2D eigenvalue weighted by molar-refractivity contribution is 7.91. The smallest absolute Gasteiger partial charge is 0.259 e. The second-order valence-electron chi connectivity index (χ2n) is 15.4. The number of hydrogen-bond donors (Lipinski definition) is 2. The summed E-state index contributed by atoms with van der Waals surface area (Å²) in [5.41, 5.74) is 1.61. The molecule has 2 aliphatic heterocycles. The third-order valence-corrected chi connectivity index (χ3v) is 15.8. The molecule has 288 valence electrons. The van der Waals surface area contributed by atoms with E-state index in [1.807, 2.05) is 30.5 Å². The van der Waals surface area contributed by atoms with Crippen molar-refractivity contribution in [2.45, 2.75) is 120 Å². The largest absolute Gasteiger partial charge is 0.496 e. The number of nitrogens with zero attached hydrogens (tertiary/aromatic N) is 3. The normalized spacial score (nSPS) is 26.9. The average Bonchev–Trinajstić information content (AvgIpc) is 3.98. The molecule has 0 radical (unpaired) electrons. The maximum absolute atomic E-state index is 14.3. The van der Waals surface area contributed by atoms with Crippen molar-refractivity contribution < 1.29 is 35.9 Å². The Morgan fingerprint density at radius 3 is 2.51 bits per heavy atom. The molecule has 1 unspecified atom stereocenters. The van der Waals surface area contributed by atoms with E-state index >= 15 is 0 Å². The van der Waals surface area contributed by atoms with Gasteiger partial charge in [-0.05, 0) is 63.0 Å². The van der Waals surface area contributed by atoms with Crippen molar-refractivity contribution in [3.05, 3.63) is 34.8 Å². The van der Waals surface area contributed by atoms with Gasteiger partial charge in [0.1, 0.15) is 39.9 Å². The van der Waals surface area contributed by atoms with E-state index in [1.165, 1.54) is 15.6 Å². The van der Waals surface area contributed by atoms with Crippen LogP contribution < -0.4 is 19.5 Å². The Kier molecular flexibility index (Phi) is 10.5. The van der Waals surface area contributed by atoms with E-state index in [-0.39, 0.29) is 30.6 Å². The molecule has 2 saturated heterocycles. The fourth-order valence-electron chi connectivity index (χ4n) is 7.71. The maximum atomic E-state index is 14.3. The highest BCUT2D eigenvalue weighted by atomic mass is 32.2. The van der Waals surface area contributed by atoms with Gasteiger partial charge in [-0.15, -0.1) is 11.3 Å². The Balaban J connectivity index is 1.21. The van der Waals surface area contributed by atoms with E-state index in [0.717, 1.165) is 48.4 Å². The van der Waals surface area contributed by atoms with Crippen molar-refractivity contribution in [2.24, 2.45) is 5.92 Å². The van der Waals surface area contributed by atoms with Crippen molar-refractivity contribution in [3.63, 3.8) is 0 Å². The van der Waals surface area contributed by atoms with Crippen LogP contribution in [0.15, 0.2) is 23.6 Å². The molecular formula is C37H49N5O8S3. The van der Waals surface area contributed by atoms with Gasteiger partial charge in [-0.3, -0.25) is 14.3 Å². The number of carbonyl (C=O) groups excluding carboxylic acids is 2. The highest BCUT2D eigenvalue weighted by Crippen LogP contribution is 2.48. The molecule has 3 aromatic rings. The monoisotopic (exact) mass is 787 g/mol. The minimum Gasteiger partial charge on any atom is -0.496 e. The molecular weight excluding hydrogens is 739 g/mol. The van der Waals surface area contributed by atoms with Crippen LogP contribution in [0.25, 0.3) is 21.6 Å².